The molecule has 2 rings (SSSR count). The van der Waals surface area contributed by atoms with E-state index in [2.05, 4.69) is 5.32 Å². The van der Waals surface area contributed by atoms with Gasteiger partial charge in [-0.05, 0) is 50.5 Å². The first-order valence-corrected chi connectivity index (χ1v) is 8.11. The lowest BCUT2D eigenvalue weighted by molar-refractivity contribution is -0.138. The Bertz CT molecular complexity index is 718. The lowest BCUT2D eigenvalue weighted by atomic mass is 9.92. The average molecular weight is 341 g/mol. The van der Waals surface area contributed by atoms with Gasteiger partial charge in [0.15, 0.2) is 0 Å². The molecule has 25 heavy (non-hydrogen) atoms. The van der Waals surface area contributed by atoms with Crippen molar-refractivity contribution >= 4 is 17.7 Å². The summed E-state index contributed by atoms with van der Waals surface area (Å²) >= 11 is 0. The summed E-state index contributed by atoms with van der Waals surface area (Å²) in [4.78, 5) is 23.4. The van der Waals surface area contributed by atoms with Crippen LogP contribution in [0.15, 0.2) is 54.6 Å². The summed E-state index contributed by atoms with van der Waals surface area (Å²) in [7, 11) is 0. The fraction of sp³-hybridized carbons (Fsp3) is 0.300. The summed E-state index contributed by atoms with van der Waals surface area (Å²) in [6.07, 6.45) is -0.131. The van der Waals surface area contributed by atoms with Gasteiger partial charge in [-0.25, -0.2) is 4.79 Å². The molecule has 0 aliphatic heterocycles. The minimum absolute atomic E-state index is 0.412. The van der Waals surface area contributed by atoms with Gasteiger partial charge in [-0.3, -0.25) is 10.1 Å². The number of rotatable bonds is 5. The predicted octanol–water partition coefficient (Wildman–Crippen LogP) is 4.44. The molecule has 0 aromatic heterocycles. The van der Waals surface area contributed by atoms with Crippen molar-refractivity contribution in [2.75, 3.05) is 5.32 Å². The topological polar surface area (TPSA) is 75.6 Å². The lowest BCUT2D eigenvalue weighted by Gasteiger charge is -2.20. The highest BCUT2D eigenvalue weighted by molar-refractivity contribution is 5.85. The Morgan fingerprint density at radius 3 is 2.16 bits per heavy atom. The van der Waals surface area contributed by atoms with Crippen LogP contribution in [0, 0.1) is 0 Å². The number of hydrogen-bond acceptors (Lipinski definition) is 3. The van der Waals surface area contributed by atoms with Gasteiger partial charge in [0.25, 0.3) is 0 Å². The number of anilines is 1. The molecule has 0 aliphatic rings. The Hall–Kier alpha value is -2.82. The van der Waals surface area contributed by atoms with E-state index < -0.39 is 23.6 Å². The predicted molar refractivity (Wildman–Crippen MR) is 96.8 cm³/mol. The zero-order chi connectivity index (χ0) is 18.4. The van der Waals surface area contributed by atoms with Crippen LogP contribution in [0.3, 0.4) is 0 Å². The Balaban J connectivity index is 2.08. The Morgan fingerprint density at radius 2 is 1.64 bits per heavy atom. The summed E-state index contributed by atoms with van der Waals surface area (Å²) in [6.45, 7) is 5.37. The Labute approximate surface area is 147 Å². The molecule has 2 aromatic rings. The maximum absolute atomic E-state index is 11.8. The van der Waals surface area contributed by atoms with Crippen LogP contribution in [0.25, 0.3) is 0 Å². The highest BCUT2D eigenvalue weighted by atomic mass is 16.6. The van der Waals surface area contributed by atoms with Gasteiger partial charge < -0.3 is 9.84 Å². The number of carboxylic acids is 1. The maximum atomic E-state index is 11.8. The molecule has 2 aromatic carbocycles. The maximum Gasteiger partial charge on any atom is 0.412 e. The highest BCUT2D eigenvalue weighted by Gasteiger charge is 2.21. The van der Waals surface area contributed by atoms with Gasteiger partial charge in [-0.2, -0.15) is 0 Å². The van der Waals surface area contributed by atoms with Gasteiger partial charge in [0.05, 0.1) is 5.92 Å². The smallest absolute Gasteiger partial charge is 0.412 e. The van der Waals surface area contributed by atoms with Crippen LogP contribution in [0.1, 0.15) is 37.8 Å². The molecule has 0 saturated heterocycles. The lowest BCUT2D eigenvalue weighted by Crippen LogP contribution is -2.27. The summed E-state index contributed by atoms with van der Waals surface area (Å²) in [6, 6.07) is 16.3. The van der Waals surface area contributed by atoms with Crippen molar-refractivity contribution in [3.8, 4) is 0 Å². The van der Waals surface area contributed by atoms with E-state index in [4.69, 9.17) is 4.74 Å². The average Bonchev–Trinajstić information content (AvgIpc) is 2.52. The number of carbonyl (C=O) groups is 2. The van der Waals surface area contributed by atoms with Crippen LogP contribution >= 0.6 is 0 Å². The van der Waals surface area contributed by atoms with E-state index in [1.54, 1.807) is 45.0 Å². The summed E-state index contributed by atoms with van der Waals surface area (Å²) < 4.78 is 5.19. The van der Waals surface area contributed by atoms with E-state index in [0.29, 0.717) is 17.7 Å². The SMILES string of the molecule is CC(C)(C)OC(=O)Nc1ccc(C(Cc2ccccc2)C(=O)O)cc1. The van der Waals surface area contributed by atoms with Gasteiger partial charge in [0.2, 0.25) is 0 Å². The van der Waals surface area contributed by atoms with E-state index >= 15 is 0 Å². The van der Waals surface area contributed by atoms with Crippen molar-refractivity contribution < 1.29 is 19.4 Å². The van der Waals surface area contributed by atoms with Crippen molar-refractivity contribution in [1.29, 1.82) is 0 Å². The molecule has 0 bridgehead atoms. The van der Waals surface area contributed by atoms with Crippen LogP contribution in [0.2, 0.25) is 0 Å². The molecule has 0 fully saturated rings. The van der Waals surface area contributed by atoms with Crippen molar-refractivity contribution in [2.24, 2.45) is 0 Å². The van der Waals surface area contributed by atoms with Crippen molar-refractivity contribution in [3.05, 3.63) is 65.7 Å². The third kappa shape index (κ3) is 5.95. The second-order valence-electron chi connectivity index (χ2n) is 6.83. The number of hydrogen-bond donors (Lipinski definition) is 2. The summed E-state index contributed by atoms with van der Waals surface area (Å²) in [5, 5.41) is 12.2. The van der Waals surface area contributed by atoms with E-state index in [9.17, 15) is 14.7 Å². The zero-order valence-corrected chi connectivity index (χ0v) is 14.7. The van der Waals surface area contributed by atoms with Gasteiger partial charge in [-0.1, -0.05) is 42.5 Å². The van der Waals surface area contributed by atoms with E-state index in [-0.39, 0.29) is 0 Å². The molecule has 0 radical (unpaired) electrons. The minimum atomic E-state index is -0.878. The molecule has 0 heterocycles. The fourth-order valence-corrected chi connectivity index (χ4v) is 2.42. The van der Waals surface area contributed by atoms with E-state index in [1.165, 1.54) is 0 Å². The van der Waals surface area contributed by atoms with E-state index in [0.717, 1.165) is 5.56 Å². The van der Waals surface area contributed by atoms with Crippen LogP contribution < -0.4 is 5.32 Å². The summed E-state index contributed by atoms with van der Waals surface area (Å²) in [5.41, 5.74) is 1.63. The first-order chi connectivity index (χ1) is 11.7. The van der Waals surface area contributed by atoms with Crippen molar-refractivity contribution in [2.45, 2.75) is 38.7 Å². The van der Waals surface area contributed by atoms with Gasteiger partial charge in [0, 0.05) is 5.69 Å². The first kappa shape index (κ1) is 18.5. The van der Waals surface area contributed by atoms with Crippen LogP contribution in [0.5, 0.6) is 0 Å². The molecule has 2 N–H and O–H groups in total. The largest absolute Gasteiger partial charge is 0.481 e. The molecule has 5 nitrogen and oxygen atoms in total. The number of amides is 1. The Morgan fingerprint density at radius 1 is 1.04 bits per heavy atom. The molecular weight excluding hydrogens is 318 g/mol. The zero-order valence-electron chi connectivity index (χ0n) is 14.7. The van der Waals surface area contributed by atoms with Gasteiger partial charge in [0.1, 0.15) is 5.60 Å². The number of aliphatic carboxylic acids is 1. The normalized spacial score (nSPS) is 12.3. The van der Waals surface area contributed by atoms with Crippen LogP contribution in [-0.4, -0.2) is 22.8 Å². The molecule has 5 heteroatoms. The number of benzene rings is 2. The molecule has 1 unspecified atom stereocenters. The number of ether oxygens (including phenoxy) is 1. The minimum Gasteiger partial charge on any atom is -0.481 e. The fourth-order valence-electron chi connectivity index (χ4n) is 2.42. The summed E-state index contributed by atoms with van der Waals surface area (Å²) in [5.74, 6) is -1.52. The van der Waals surface area contributed by atoms with Crippen molar-refractivity contribution in [3.63, 3.8) is 0 Å². The molecule has 0 spiro atoms. The van der Waals surface area contributed by atoms with Crippen LogP contribution in [-0.2, 0) is 16.0 Å². The molecule has 0 saturated carbocycles. The molecule has 132 valence electrons. The standard InChI is InChI=1S/C20H23NO4/c1-20(2,3)25-19(24)21-16-11-9-15(10-12-16)17(18(22)23)13-14-7-5-4-6-8-14/h4-12,17H,13H2,1-3H3,(H,21,24)(H,22,23). The number of carbonyl (C=O) groups excluding carboxylic acids is 1. The molecule has 1 atom stereocenters. The second-order valence-corrected chi connectivity index (χ2v) is 6.83. The quantitative estimate of drug-likeness (QED) is 0.843. The third-order valence-corrected chi connectivity index (χ3v) is 3.54. The van der Waals surface area contributed by atoms with Crippen LogP contribution in [0.4, 0.5) is 10.5 Å². The Kier molecular flexibility index (Phi) is 5.80. The van der Waals surface area contributed by atoms with Gasteiger partial charge in [-0.15, -0.1) is 0 Å². The first-order valence-electron chi connectivity index (χ1n) is 8.11. The molecule has 1 amide bonds. The highest BCUT2D eigenvalue weighted by Crippen LogP contribution is 2.23. The number of carboxylic acid groups (broad SMARTS) is 1. The monoisotopic (exact) mass is 341 g/mol. The third-order valence-electron chi connectivity index (χ3n) is 3.54. The molecular formula is C20H23NO4. The number of nitrogens with one attached hydrogen (secondary N) is 1. The van der Waals surface area contributed by atoms with Crippen molar-refractivity contribution in [1.82, 2.24) is 0 Å². The second kappa shape index (κ2) is 7.83. The van der Waals surface area contributed by atoms with E-state index in [1.807, 2.05) is 30.3 Å². The molecule has 0 aliphatic carbocycles. The van der Waals surface area contributed by atoms with Gasteiger partial charge >= 0.3 is 12.1 Å².